The van der Waals surface area contributed by atoms with Crippen LogP contribution < -0.4 is 5.32 Å². The first-order valence-electron chi connectivity index (χ1n) is 7.62. The number of aromatic nitrogens is 2. The number of hydrogen-bond donors (Lipinski definition) is 1. The molecule has 4 heteroatoms. The molecular weight excluding hydrogens is 289 g/mol. The summed E-state index contributed by atoms with van der Waals surface area (Å²) < 4.78 is 15.0. The van der Waals surface area contributed by atoms with Crippen molar-refractivity contribution in [2.24, 2.45) is 7.05 Å². The summed E-state index contributed by atoms with van der Waals surface area (Å²) in [5, 5.41) is 3.29. The summed E-state index contributed by atoms with van der Waals surface area (Å²) in [5.74, 6) is 0.574. The Kier molecular flexibility index (Phi) is 4.15. The summed E-state index contributed by atoms with van der Waals surface area (Å²) in [6, 6.07) is 12.9. The molecule has 3 aromatic rings. The summed E-state index contributed by atoms with van der Waals surface area (Å²) >= 11 is 0. The lowest BCUT2D eigenvalue weighted by Crippen LogP contribution is -2.05. The van der Waals surface area contributed by atoms with E-state index in [1.807, 2.05) is 17.8 Å². The molecule has 0 aliphatic heterocycles. The van der Waals surface area contributed by atoms with Gasteiger partial charge in [0.1, 0.15) is 5.82 Å². The van der Waals surface area contributed by atoms with Gasteiger partial charge in [-0.25, -0.2) is 9.37 Å². The molecule has 0 atom stereocenters. The third kappa shape index (κ3) is 3.26. The van der Waals surface area contributed by atoms with Gasteiger partial charge in [0, 0.05) is 19.2 Å². The summed E-state index contributed by atoms with van der Waals surface area (Å²) in [5.41, 5.74) is 5.78. The lowest BCUT2D eigenvalue weighted by molar-refractivity contribution is 0.627. The molecule has 2 aromatic carbocycles. The van der Waals surface area contributed by atoms with Crippen LogP contribution in [-0.2, 0) is 13.6 Å². The van der Waals surface area contributed by atoms with Gasteiger partial charge in [0.25, 0.3) is 0 Å². The van der Waals surface area contributed by atoms with Crippen molar-refractivity contribution in [3.63, 3.8) is 0 Å². The molecule has 0 radical (unpaired) electrons. The van der Waals surface area contributed by atoms with Crippen molar-refractivity contribution in [3.8, 4) is 11.3 Å². The topological polar surface area (TPSA) is 29.9 Å². The van der Waals surface area contributed by atoms with E-state index in [1.54, 1.807) is 12.1 Å². The number of rotatable bonds is 4. The Hall–Kier alpha value is -2.62. The highest BCUT2D eigenvalue weighted by atomic mass is 19.1. The smallest absolute Gasteiger partial charge is 0.203 e. The molecule has 23 heavy (non-hydrogen) atoms. The third-order valence-electron chi connectivity index (χ3n) is 4.15. The molecule has 3 rings (SSSR count). The first-order valence-corrected chi connectivity index (χ1v) is 7.62. The minimum Gasteiger partial charge on any atom is -0.352 e. The predicted molar refractivity (Wildman–Crippen MR) is 91.8 cm³/mol. The Bertz CT molecular complexity index is 819. The number of benzene rings is 2. The molecule has 3 nitrogen and oxygen atoms in total. The minimum atomic E-state index is -0.220. The van der Waals surface area contributed by atoms with Crippen LogP contribution in [0.2, 0.25) is 0 Å². The predicted octanol–water partition coefficient (Wildman–Crippen LogP) is 4.46. The fourth-order valence-electron chi connectivity index (χ4n) is 2.53. The number of halogens is 1. The van der Waals surface area contributed by atoms with E-state index in [-0.39, 0.29) is 5.82 Å². The average Bonchev–Trinajstić information content (AvgIpc) is 2.90. The van der Waals surface area contributed by atoms with Crippen LogP contribution in [0.5, 0.6) is 0 Å². The van der Waals surface area contributed by atoms with Gasteiger partial charge in [-0.15, -0.1) is 0 Å². The highest BCUT2D eigenvalue weighted by Gasteiger charge is 2.09. The molecule has 118 valence electrons. The van der Waals surface area contributed by atoms with Crippen molar-refractivity contribution in [1.29, 1.82) is 0 Å². The van der Waals surface area contributed by atoms with E-state index in [4.69, 9.17) is 0 Å². The van der Waals surface area contributed by atoms with E-state index in [0.29, 0.717) is 6.54 Å². The van der Waals surface area contributed by atoms with Gasteiger partial charge in [-0.1, -0.05) is 24.3 Å². The van der Waals surface area contributed by atoms with Crippen LogP contribution in [0.25, 0.3) is 11.3 Å². The third-order valence-corrected chi connectivity index (χ3v) is 4.15. The molecule has 0 spiro atoms. The van der Waals surface area contributed by atoms with Crippen LogP contribution in [0.1, 0.15) is 16.7 Å². The summed E-state index contributed by atoms with van der Waals surface area (Å²) in [6.07, 6.45) is 1.87. The summed E-state index contributed by atoms with van der Waals surface area (Å²) in [7, 11) is 1.99. The van der Waals surface area contributed by atoms with Crippen LogP contribution in [0.3, 0.4) is 0 Å². The van der Waals surface area contributed by atoms with Crippen molar-refractivity contribution in [1.82, 2.24) is 9.55 Å². The maximum Gasteiger partial charge on any atom is 0.203 e. The zero-order chi connectivity index (χ0) is 16.4. The Morgan fingerprint density at radius 2 is 1.78 bits per heavy atom. The van der Waals surface area contributed by atoms with E-state index in [9.17, 15) is 4.39 Å². The molecule has 0 saturated heterocycles. The average molecular weight is 309 g/mol. The first kappa shape index (κ1) is 15.3. The molecule has 1 aromatic heterocycles. The molecular formula is C19H20FN3. The number of imidazole rings is 1. The Morgan fingerprint density at radius 1 is 1.04 bits per heavy atom. The van der Waals surface area contributed by atoms with Gasteiger partial charge >= 0.3 is 0 Å². The van der Waals surface area contributed by atoms with E-state index in [1.165, 1.54) is 23.3 Å². The minimum absolute atomic E-state index is 0.220. The standard InChI is InChI=1S/C19H20FN3/c1-13-4-7-16(10-14(13)2)18-12-22-19(23(18)3)21-11-15-5-8-17(20)9-6-15/h4-10,12H,11H2,1-3H3,(H,21,22). The summed E-state index contributed by atoms with van der Waals surface area (Å²) in [4.78, 5) is 4.45. The number of anilines is 1. The number of nitrogens with zero attached hydrogens (tertiary/aromatic N) is 2. The lowest BCUT2D eigenvalue weighted by atomic mass is 10.0. The van der Waals surface area contributed by atoms with E-state index >= 15 is 0 Å². The number of hydrogen-bond acceptors (Lipinski definition) is 2. The van der Waals surface area contributed by atoms with Crippen molar-refractivity contribution < 1.29 is 4.39 Å². The van der Waals surface area contributed by atoms with Crippen molar-refractivity contribution in [2.75, 3.05) is 5.32 Å². The fourth-order valence-corrected chi connectivity index (χ4v) is 2.53. The second kappa shape index (κ2) is 6.24. The van der Waals surface area contributed by atoms with Crippen LogP contribution >= 0.6 is 0 Å². The van der Waals surface area contributed by atoms with Gasteiger partial charge in [0.2, 0.25) is 5.95 Å². The molecule has 1 heterocycles. The van der Waals surface area contributed by atoms with Crippen LogP contribution in [0.15, 0.2) is 48.7 Å². The Balaban J connectivity index is 1.78. The zero-order valence-electron chi connectivity index (χ0n) is 13.6. The Morgan fingerprint density at radius 3 is 2.48 bits per heavy atom. The molecule has 0 fully saturated rings. The van der Waals surface area contributed by atoms with Crippen molar-refractivity contribution in [2.45, 2.75) is 20.4 Å². The Labute approximate surface area is 135 Å². The van der Waals surface area contributed by atoms with E-state index in [2.05, 4.69) is 42.3 Å². The molecule has 0 unspecified atom stereocenters. The second-order valence-corrected chi connectivity index (χ2v) is 5.81. The monoisotopic (exact) mass is 309 g/mol. The van der Waals surface area contributed by atoms with Gasteiger partial charge < -0.3 is 9.88 Å². The van der Waals surface area contributed by atoms with E-state index in [0.717, 1.165) is 22.8 Å². The van der Waals surface area contributed by atoms with Crippen LogP contribution in [-0.4, -0.2) is 9.55 Å². The van der Waals surface area contributed by atoms with Crippen LogP contribution in [0, 0.1) is 19.7 Å². The summed E-state index contributed by atoms with van der Waals surface area (Å²) in [6.45, 7) is 4.83. The molecule has 1 N–H and O–H groups in total. The molecule has 0 saturated carbocycles. The maximum absolute atomic E-state index is 12.9. The van der Waals surface area contributed by atoms with Gasteiger partial charge in [-0.05, 0) is 48.7 Å². The zero-order valence-corrected chi connectivity index (χ0v) is 13.6. The largest absolute Gasteiger partial charge is 0.352 e. The second-order valence-electron chi connectivity index (χ2n) is 5.81. The SMILES string of the molecule is Cc1ccc(-c2cnc(NCc3ccc(F)cc3)n2C)cc1C. The molecule has 0 bridgehead atoms. The number of aryl methyl sites for hydroxylation is 2. The quantitative estimate of drug-likeness (QED) is 0.771. The van der Waals surface area contributed by atoms with Crippen LogP contribution in [0.4, 0.5) is 10.3 Å². The highest BCUT2D eigenvalue weighted by Crippen LogP contribution is 2.24. The normalized spacial score (nSPS) is 10.8. The number of nitrogens with one attached hydrogen (secondary N) is 1. The van der Waals surface area contributed by atoms with Crippen molar-refractivity contribution in [3.05, 3.63) is 71.2 Å². The molecule has 0 amide bonds. The van der Waals surface area contributed by atoms with Gasteiger partial charge in [0.05, 0.1) is 11.9 Å². The highest BCUT2D eigenvalue weighted by molar-refractivity contribution is 5.63. The lowest BCUT2D eigenvalue weighted by Gasteiger charge is -2.09. The molecule has 0 aliphatic rings. The van der Waals surface area contributed by atoms with Gasteiger partial charge in [-0.3, -0.25) is 0 Å². The van der Waals surface area contributed by atoms with Gasteiger partial charge in [0.15, 0.2) is 0 Å². The van der Waals surface area contributed by atoms with Crippen molar-refractivity contribution >= 4 is 5.95 Å². The molecule has 0 aliphatic carbocycles. The van der Waals surface area contributed by atoms with Gasteiger partial charge in [-0.2, -0.15) is 0 Å². The fraction of sp³-hybridized carbons (Fsp3) is 0.211. The van der Waals surface area contributed by atoms with E-state index < -0.39 is 0 Å². The maximum atomic E-state index is 12.9. The first-order chi connectivity index (χ1) is 11.0.